The van der Waals surface area contributed by atoms with E-state index < -0.39 is 11.6 Å². The number of furan rings is 1. The molecule has 1 saturated heterocycles. The van der Waals surface area contributed by atoms with Crippen LogP contribution >= 0.6 is 0 Å². The normalized spacial score (nSPS) is 20.4. The van der Waals surface area contributed by atoms with Crippen LogP contribution < -0.4 is 5.32 Å². The van der Waals surface area contributed by atoms with E-state index in [1.807, 2.05) is 0 Å². The molecule has 2 heterocycles. The molecule has 0 bridgehead atoms. The molecule has 1 aromatic heterocycles. The zero-order chi connectivity index (χ0) is 12.5. The molecule has 0 spiro atoms. The molecule has 18 heavy (non-hydrogen) atoms. The Balaban J connectivity index is 1.97. The lowest BCUT2D eigenvalue weighted by Crippen LogP contribution is -2.31. The van der Waals surface area contributed by atoms with Crippen LogP contribution in [-0.2, 0) is 6.42 Å². The summed E-state index contributed by atoms with van der Waals surface area (Å²) < 4.78 is 32.7. The predicted molar refractivity (Wildman–Crippen MR) is 65.4 cm³/mol. The lowest BCUT2D eigenvalue weighted by Gasteiger charge is -2.22. The quantitative estimate of drug-likeness (QED) is 0.886. The Hall–Kier alpha value is -1.42. The minimum atomic E-state index is -0.554. The number of rotatable bonds is 2. The van der Waals surface area contributed by atoms with Gasteiger partial charge in [-0.3, -0.25) is 0 Å². The molecule has 0 radical (unpaired) electrons. The standard InChI is InChI=1S/C14H15F2NO/c15-12-7-13(16)11(14-10(12)3-5-18-14)6-9-2-1-4-17-8-9/h3,5,7,9,17H,1-2,4,6,8H2. The van der Waals surface area contributed by atoms with E-state index in [9.17, 15) is 8.78 Å². The Morgan fingerprint density at radius 2 is 2.22 bits per heavy atom. The van der Waals surface area contributed by atoms with Crippen molar-refractivity contribution in [3.8, 4) is 0 Å². The number of fused-ring (bicyclic) bond motifs is 1. The van der Waals surface area contributed by atoms with Crippen molar-refractivity contribution in [2.45, 2.75) is 19.3 Å². The minimum Gasteiger partial charge on any atom is -0.464 e. The maximum atomic E-state index is 13.9. The van der Waals surface area contributed by atoms with E-state index >= 15 is 0 Å². The number of piperidine rings is 1. The molecular formula is C14H15F2NO. The fraction of sp³-hybridized carbons (Fsp3) is 0.429. The van der Waals surface area contributed by atoms with E-state index in [0.29, 0.717) is 28.9 Å². The highest BCUT2D eigenvalue weighted by Crippen LogP contribution is 2.29. The first-order chi connectivity index (χ1) is 8.75. The van der Waals surface area contributed by atoms with Crippen molar-refractivity contribution in [1.29, 1.82) is 0 Å². The molecule has 96 valence electrons. The molecule has 1 aliphatic heterocycles. The fourth-order valence-corrected chi connectivity index (χ4v) is 2.69. The second-order valence-corrected chi connectivity index (χ2v) is 4.90. The van der Waals surface area contributed by atoms with E-state index in [4.69, 9.17) is 4.42 Å². The van der Waals surface area contributed by atoms with Crippen molar-refractivity contribution < 1.29 is 13.2 Å². The molecular weight excluding hydrogens is 236 g/mol. The van der Waals surface area contributed by atoms with Gasteiger partial charge in [0, 0.05) is 11.6 Å². The summed E-state index contributed by atoms with van der Waals surface area (Å²) in [6.45, 7) is 1.91. The molecule has 1 fully saturated rings. The summed E-state index contributed by atoms with van der Waals surface area (Å²) in [6.07, 6.45) is 4.19. The van der Waals surface area contributed by atoms with Crippen LogP contribution in [0.2, 0.25) is 0 Å². The van der Waals surface area contributed by atoms with Crippen LogP contribution in [0.25, 0.3) is 11.0 Å². The molecule has 0 saturated carbocycles. The van der Waals surface area contributed by atoms with Gasteiger partial charge in [-0.05, 0) is 44.3 Å². The number of hydrogen-bond acceptors (Lipinski definition) is 2. The fourth-order valence-electron chi connectivity index (χ4n) is 2.69. The van der Waals surface area contributed by atoms with Crippen LogP contribution in [0, 0.1) is 17.6 Å². The van der Waals surface area contributed by atoms with Gasteiger partial charge in [0.15, 0.2) is 0 Å². The van der Waals surface area contributed by atoms with Crippen molar-refractivity contribution in [2.24, 2.45) is 5.92 Å². The Kier molecular flexibility index (Phi) is 3.04. The summed E-state index contributed by atoms with van der Waals surface area (Å²) in [5.41, 5.74) is 0.864. The monoisotopic (exact) mass is 251 g/mol. The summed E-state index contributed by atoms with van der Waals surface area (Å²) in [6, 6.07) is 2.51. The second-order valence-electron chi connectivity index (χ2n) is 4.90. The lowest BCUT2D eigenvalue weighted by molar-refractivity contribution is 0.371. The third-order valence-corrected chi connectivity index (χ3v) is 3.63. The van der Waals surface area contributed by atoms with E-state index in [1.54, 1.807) is 6.07 Å². The van der Waals surface area contributed by atoms with Gasteiger partial charge >= 0.3 is 0 Å². The largest absolute Gasteiger partial charge is 0.464 e. The van der Waals surface area contributed by atoms with Crippen molar-refractivity contribution in [3.05, 3.63) is 35.6 Å². The molecule has 1 aromatic carbocycles. The van der Waals surface area contributed by atoms with Crippen LogP contribution in [0.3, 0.4) is 0 Å². The van der Waals surface area contributed by atoms with Crippen LogP contribution in [-0.4, -0.2) is 13.1 Å². The average Bonchev–Trinajstić information content (AvgIpc) is 2.85. The van der Waals surface area contributed by atoms with E-state index in [1.165, 1.54) is 6.26 Å². The van der Waals surface area contributed by atoms with E-state index in [2.05, 4.69) is 5.32 Å². The van der Waals surface area contributed by atoms with Gasteiger partial charge in [-0.1, -0.05) is 0 Å². The van der Waals surface area contributed by atoms with Gasteiger partial charge in [0.1, 0.15) is 17.2 Å². The molecule has 1 unspecified atom stereocenters. The van der Waals surface area contributed by atoms with Gasteiger partial charge in [0.2, 0.25) is 0 Å². The lowest BCUT2D eigenvalue weighted by atomic mass is 9.91. The SMILES string of the molecule is Fc1cc(F)c2ccoc2c1CC1CCCNC1. The summed E-state index contributed by atoms with van der Waals surface area (Å²) in [7, 11) is 0. The number of halogens is 2. The van der Waals surface area contributed by atoms with Crippen molar-refractivity contribution in [1.82, 2.24) is 5.32 Å². The molecule has 0 aliphatic carbocycles. The maximum Gasteiger partial charge on any atom is 0.142 e. The van der Waals surface area contributed by atoms with E-state index in [0.717, 1.165) is 32.0 Å². The summed E-state index contributed by atoms with van der Waals surface area (Å²) >= 11 is 0. The Bertz CT molecular complexity index is 558. The third kappa shape index (κ3) is 2.01. The highest BCUT2D eigenvalue weighted by atomic mass is 19.1. The van der Waals surface area contributed by atoms with Crippen molar-refractivity contribution in [2.75, 3.05) is 13.1 Å². The Morgan fingerprint density at radius 3 is 3.00 bits per heavy atom. The number of nitrogens with one attached hydrogen (secondary N) is 1. The Morgan fingerprint density at radius 1 is 1.33 bits per heavy atom. The second kappa shape index (κ2) is 4.69. The molecule has 3 rings (SSSR count). The van der Waals surface area contributed by atoms with Crippen LogP contribution in [0.5, 0.6) is 0 Å². The van der Waals surface area contributed by atoms with Gasteiger partial charge in [-0.25, -0.2) is 8.78 Å². The van der Waals surface area contributed by atoms with Gasteiger partial charge in [-0.2, -0.15) is 0 Å². The number of hydrogen-bond donors (Lipinski definition) is 1. The summed E-state index contributed by atoms with van der Waals surface area (Å²) in [5, 5.41) is 3.67. The molecule has 2 aromatic rings. The summed E-state index contributed by atoms with van der Waals surface area (Å²) in [5.74, 6) is -0.658. The van der Waals surface area contributed by atoms with Crippen LogP contribution in [0.15, 0.2) is 22.8 Å². The summed E-state index contributed by atoms with van der Waals surface area (Å²) in [4.78, 5) is 0. The number of benzene rings is 1. The van der Waals surface area contributed by atoms with Gasteiger partial charge in [0.25, 0.3) is 0 Å². The first kappa shape index (κ1) is 11.7. The molecule has 1 atom stereocenters. The minimum absolute atomic E-state index is 0.359. The van der Waals surface area contributed by atoms with Crippen LogP contribution in [0.4, 0.5) is 8.78 Å². The van der Waals surface area contributed by atoms with Crippen molar-refractivity contribution in [3.63, 3.8) is 0 Å². The average molecular weight is 251 g/mol. The predicted octanol–water partition coefficient (Wildman–Crippen LogP) is 3.25. The molecule has 1 aliphatic rings. The smallest absolute Gasteiger partial charge is 0.142 e. The zero-order valence-corrected chi connectivity index (χ0v) is 10.0. The Labute approximate surface area is 104 Å². The molecule has 1 N–H and O–H groups in total. The topological polar surface area (TPSA) is 25.2 Å². The third-order valence-electron chi connectivity index (χ3n) is 3.63. The zero-order valence-electron chi connectivity index (χ0n) is 10.0. The van der Waals surface area contributed by atoms with Gasteiger partial charge in [-0.15, -0.1) is 0 Å². The molecule has 4 heteroatoms. The van der Waals surface area contributed by atoms with Crippen molar-refractivity contribution >= 4 is 11.0 Å². The van der Waals surface area contributed by atoms with Gasteiger partial charge < -0.3 is 9.73 Å². The maximum absolute atomic E-state index is 13.9. The molecule has 2 nitrogen and oxygen atoms in total. The molecule has 0 amide bonds. The first-order valence-electron chi connectivity index (χ1n) is 6.30. The van der Waals surface area contributed by atoms with Gasteiger partial charge in [0.05, 0.1) is 11.6 Å². The van der Waals surface area contributed by atoms with Crippen LogP contribution in [0.1, 0.15) is 18.4 Å². The highest BCUT2D eigenvalue weighted by Gasteiger charge is 2.20. The highest BCUT2D eigenvalue weighted by molar-refractivity contribution is 5.81. The first-order valence-corrected chi connectivity index (χ1v) is 6.30. The van der Waals surface area contributed by atoms with E-state index in [-0.39, 0.29) is 0 Å².